The van der Waals surface area contributed by atoms with Crippen LogP contribution in [0.3, 0.4) is 0 Å². The zero-order chi connectivity index (χ0) is 13.8. The van der Waals surface area contributed by atoms with Crippen LogP contribution < -0.4 is 0 Å². The van der Waals surface area contributed by atoms with Gasteiger partial charge >= 0.3 is 5.97 Å². The molecule has 1 fully saturated rings. The van der Waals surface area contributed by atoms with E-state index in [2.05, 4.69) is 6.58 Å². The lowest BCUT2D eigenvalue weighted by atomic mass is 10.3. The van der Waals surface area contributed by atoms with Crippen molar-refractivity contribution in [3.63, 3.8) is 0 Å². The van der Waals surface area contributed by atoms with Crippen molar-refractivity contribution >= 4 is 5.97 Å². The molecule has 0 bridgehead atoms. The van der Waals surface area contributed by atoms with Gasteiger partial charge in [-0.15, -0.1) is 0 Å². The molecule has 0 N–H and O–H groups in total. The van der Waals surface area contributed by atoms with E-state index in [-0.39, 0.29) is 18.8 Å². The third-order valence-corrected chi connectivity index (χ3v) is 2.30. The summed E-state index contributed by atoms with van der Waals surface area (Å²) in [4.78, 5) is 11.2. The molecule has 1 rings (SSSR count). The van der Waals surface area contributed by atoms with E-state index in [0.29, 0.717) is 12.2 Å². The number of epoxide rings is 1. The number of hydrogen-bond donors (Lipinski definition) is 0. The van der Waals surface area contributed by atoms with Gasteiger partial charge < -0.3 is 18.9 Å². The molecule has 0 aliphatic carbocycles. The largest absolute Gasteiger partial charge is 0.460 e. The third-order valence-electron chi connectivity index (χ3n) is 2.30. The minimum atomic E-state index is -0.721. The van der Waals surface area contributed by atoms with E-state index in [0.717, 1.165) is 6.61 Å². The van der Waals surface area contributed by atoms with Crippen molar-refractivity contribution < 1.29 is 23.7 Å². The maximum Gasteiger partial charge on any atom is 0.333 e. The van der Waals surface area contributed by atoms with Crippen LogP contribution in [-0.2, 0) is 23.7 Å². The Morgan fingerprint density at radius 3 is 2.67 bits per heavy atom. The summed E-state index contributed by atoms with van der Waals surface area (Å²) in [5, 5.41) is 0. The average molecular weight is 258 g/mol. The van der Waals surface area contributed by atoms with Crippen molar-refractivity contribution in [1.82, 2.24) is 0 Å². The maximum absolute atomic E-state index is 11.2. The quantitative estimate of drug-likeness (QED) is 0.287. The first-order valence-corrected chi connectivity index (χ1v) is 6.06. The minimum Gasteiger partial charge on any atom is -0.460 e. The second kappa shape index (κ2) is 6.31. The molecule has 0 saturated carbocycles. The highest BCUT2D eigenvalue weighted by Crippen LogP contribution is 2.18. The van der Waals surface area contributed by atoms with Gasteiger partial charge in [-0.2, -0.15) is 0 Å². The molecule has 5 heteroatoms. The summed E-state index contributed by atoms with van der Waals surface area (Å²) in [6.07, 6.45) is -0.0483. The number of carbonyl (C=O) groups is 1. The lowest BCUT2D eigenvalue weighted by Gasteiger charge is -2.29. The molecule has 1 aliphatic rings. The summed E-state index contributed by atoms with van der Waals surface area (Å²) in [7, 11) is 0. The summed E-state index contributed by atoms with van der Waals surface area (Å²) in [5.41, 5.74) is 0.378. The summed E-state index contributed by atoms with van der Waals surface area (Å²) in [5.74, 6) is -1.13. The normalized spacial score (nSPS) is 20.3. The topological polar surface area (TPSA) is 57.3 Å². The van der Waals surface area contributed by atoms with Gasteiger partial charge in [0.25, 0.3) is 0 Å². The van der Waals surface area contributed by atoms with Gasteiger partial charge in [0.1, 0.15) is 12.7 Å². The van der Waals surface area contributed by atoms with Gasteiger partial charge in [0.05, 0.1) is 19.3 Å². The van der Waals surface area contributed by atoms with Gasteiger partial charge in [0.2, 0.25) is 0 Å². The molecule has 5 nitrogen and oxygen atoms in total. The molecule has 2 atom stereocenters. The molecule has 104 valence electrons. The van der Waals surface area contributed by atoms with E-state index in [1.54, 1.807) is 6.92 Å². The smallest absolute Gasteiger partial charge is 0.333 e. The van der Waals surface area contributed by atoms with Crippen LogP contribution in [0.5, 0.6) is 0 Å². The summed E-state index contributed by atoms with van der Waals surface area (Å²) >= 11 is 0. The Kier molecular flexibility index (Phi) is 5.31. The van der Waals surface area contributed by atoms with Crippen LogP contribution in [0, 0.1) is 0 Å². The predicted octanol–water partition coefficient (Wildman–Crippen LogP) is 1.66. The maximum atomic E-state index is 11.2. The van der Waals surface area contributed by atoms with Crippen LogP contribution in [0.4, 0.5) is 0 Å². The van der Waals surface area contributed by atoms with Gasteiger partial charge in [-0.25, -0.2) is 4.79 Å². The molecule has 0 spiro atoms. The lowest BCUT2D eigenvalue weighted by Crippen LogP contribution is -2.35. The van der Waals surface area contributed by atoms with E-state index >= 15 is 0 Å². The summed E-state index contributed by atoms with van der Waals surface area (Å²) in [6, 6.07) is 0. The second-order valence-corrected chi connectivity index (χ2v) is 4.97. The zero-order valence-electron chi connectivity index (χ0n) is 11.5. The van der Waals surface area contributed by atoms with Gasteiger partial charge in [0, 0.05) is 5.57 Å². The molecule has 0 radical (unpaired) electrons. The minimum absolute atomic E-state index is 0.179. The number of esters is 1. The molecular weight excluding hydrogens is 236 g/mol. The molecule has 1 heterocycles. The first-order valence-electron chi connectivity index (χ1n) is 6.06. The molecule has 18 heavy (non-hydrogen) atoms. The third kappa shape index (κ3) is 6.14. The number of hydrogen-bond acceptors (Lipinski definition) is 5. The second-order valence-electron chi connectivity index (χ2n) is 4.97. The van der Waals surface area contributed by atoms with E-state index in [9.17, 15) is 4.79 Å². The lowest BCUT2D eigenvalue weighted by molar-refractivity contribution is -0.241. The van der Waals surface area contributed by atoms with Crippen molar-refractivity contribution in [2.24, 2.45) is 0 Å². The van der Waals surface area contributed by atoms with Crippen LogP contribution in [0.1, 0.15) is 27.7 Å². The molecule has 0 aromatic carbocycles. The van der Waals surface area contributed by atoms with Crippen molar-refractivity contribution in [2.75, 3.05) is 19.8 Å². The first kappa shape index (κ1) is 15.1. The fourth-order valence-corrected chi connectivity index (χ4v) is 1.33. The summed E-state index contributed by atoms with van der Waals surface area (Å²) in [6.45, 7) is 12.0. The monoisotopic (exact) mass is 258 g/mol. The molecule has 0 aromatic rings. The fraction of sp³-hybridized carbons (Fsp3) is 0.769. The highest BCUT2D eigenvalue weighted by Gasteiger charge is 2.29. The molecular formula is C13H22O5. The van der Waals surface area contributed by atoms with Crippen LogP contribution in [-0.4, -0.2) is 43.8 Å². The van der Waals surface area contributed by atoms with Crippen LogP contribution in [0.15, 0.2) is 12.2 Å². The van der Waals surface area contributed by atoms with Crippen LogP contribution in [0.2, 0.25) is 0 Å². The highest BCUT2D eigenvalue weighted by atomic mass is 16.7. The summed E-state index contributed by atoms with van der Waals surface area (Å²) < 4.78 is 21.3. The van der Waals surface area contributed by atoms with Crippen molar-refractivity contribution in [1.29, 1.82) is 0 Å². The Morgan fingerprint density at radius 2 is 2.17 bits per heavy atom. The van der Waals surface area contributed by atoms with Crippen LogP contribution >= 0.6 is 0 Å². The Bertz CT molecular complexity index is 307. The molecule has 2 unspecified atom stereocenters. The fourth-order valence-electron chi connectivity index (χ4n) is 1.33. The van der Waals surface area contributed by atoms with Crippen molar-refractivity contribution in [2.45, 2.75) is 45.7 Å². The number of ether oxygens (including phenoxy) is 4. The standard InChI is InChI=1S/C13H22O5/c1-9(2)12(14)16-6-10(3)18-13(4,5)17-8-11-7-15-11/h10-11H,1,6-8H2,2-5H3. The molecule has 1 aliphatic heterocycles. The van der Waals surface area contributed by atoms with Gasteiger partial charge in [-0.3, -0.25) is 0 Å². The zero-order valence-corrected chi connectivity index (χ0v) is 11.5. The van der Waals surface area contributed by atoms with Gasteiger partial charge in [-0.05, 0) is 27.7 Å². The number of rotatable bonds is 8. The first-order chi connectivity index (χ1) is 8.30. The SMILES string of the molecule is C=C(C)C(=O)OCC(C)OC(C)(C)OCC1CO1. The molecule has 0 aromatic heterocycles. The van der Waals surface area contributed by atoms with E-state index in [1.165, 1.54) is 0 Å². The molecule has 1 saturated heterocycles. The van der Waals surface area contributed by atoms with Crippen molar-refractivity contribution in [3.8, 4) is 0 Å². The Morgan fingerprint density at radius 1 is 1.56 bits per heavy atom. The van der Waals surface area contributed by atoms with E-state index < -0.39 is 11.8 Å². The van der Waals surface area contributed by atoms with Gasteiger partial charge in [-0.1, -0.05) is 6.58 Å². The van der Waals surface area contributed by atoms with E-state index in [1.807, 2.05) is 20.8 Å². The van der Waals surface area contributed by atoms with Crippen LogP contribution in [0.25, 0.3) is 0 Å². The Balaban J connectivity index is 2.21. The Hall–Kier alpha value is -0.910. The molecule has 0 amide bonds. The van der Waals surface area contributed by atoms with Crippen molar-refractivity contribution in [3.05, 3.63) is 12.2 Å². The predicted molar refractivity (Wildman–Crippen MR) is 66.1 cm³/mol. The highest BCUT2D eigenvalue weighted by molar-refractivity contribution is 5.86. The van der Waals surface area contributed by atoms with Gasteiger partial charge in [0.15, 0.2) is 5.79 Å². The number of carbonyl (C=O) groups excluding carboxylic acids is 1. The average Bonchev–Trinajstić information content (AvgIpc) is 3.06. The van der Waals surface area contributed by atoms with E-state index in [4.69, 9.17) is 18.9 Å². The Labute approximate surface area is 108 Å².